The summed E-state index contributed by atoms with van der Waals surface area (Å²) in [7, 11) is 0. The number of allylic oxidation sites excluding steroid dienone is 8. The van der Waals surface area contributed by atoms with Gasteiger partial charge in [-0.05, 0) is 86.1 Å². The smallest absolute Gasteiger partial charge is 0.137 e. The molecule has 1 aromatic heterocycles. The predicted molar refractivity (Wildman–Crippen MR) is 225 cm³/mol. The third-order valence-electron chi connectivity index (χ3n) is 10.2. The Bertz CT molecular complexity index is 2280. The van der Waals surface area contributed by atoms with Crippen LogP contribution in [-0.2, 0) is 0 Å². The summed E-state index contributed by atoms with van der Waals surface area (Å²) in [4.78, 5) is 10.1. The Morgan fingerprint density at radius 2 is 1.24 bits per heavy atom. The number of hydrogen-bond acceptors (Lipinski definition) is 3. The van der Waals surface area contributed by atoms with Gasteiger partial charge in [0.25, 0.3) is 0 Å². The van der Waals surface area contributed by atoms with Crippen molar-refractivity contribution in [1.29, 1.82) is 0 Å². The molecular weight excluding hydrogens is 657 g/mol. The fourth-order valence-electron chi connectivity index (χ4n) is 7.36. The lowest BCUT2D eigenvalue weighted by atomic mass is 9.82. The molecule has 3 nitrogen and oxygen atoms in total. The Labute approximate surface area is 321 Å². The lowest BCUT2D eigenvalue weighted by molar-refractivity contribution is 0.414. The summed E-state index contributed by atoms with van der Waals surface area (Å²) in [6.45, 7) is 10.8. The van der Waals surface area contributed by atoms with Crippen LogP contribution < -0.4 is 4.74 Å². The standard InChI is InChI=1S/C29H22N2O.C15H18.C7H8/c1-19-15-16-22-27(17-19)32-26-14-8-13-23(28(22)26)29-30-24(20-9-4-2-5-10-20)18-25(31-29)21-11-6-3-7-12-21;1-11-8-9-15(13(3)10-11)14-7-5-4-6-12(14)2;1-7-5-3-2-4-6-7/h2-18,23,28H,1H3;4-7,9-11H,8H2,1-3H3;2-6H,1H3. The molecule has 2 aliphatic carbocycles. The van der Waals surface area contributed by atoms with Crippen LogP contribution in [0.3, 0.4) is 0 Å². The van der Waals surface area contributed by atoms with Gasteiger partial charge in [0, 0.05) is 16.7 Å². The molecule has 268 valence electrons. The highest BCUT2D eigenvalue weighted by molar-refractivity contribution is 5.81. The third-order valence-corrected chi connectivity index (χ3v) is 10.2. The summed E-state index contributed by atoms with van der Waals surface area (Å²) in [5.74, 6) is 3.51. The van der Waals surface area contributed by atoms with Gasteiger partial charge in [0.2, 0.25) is 0 Å². The zero-order valence-electron chi connectivity index (χ0n) is 31.9. The normalized spacial score (nSPS) is 17.9. The van der Waals surface area contributed by atoms with Crippen molar-refractivity contribution in [2.24, 2.45) is 5.92 Å². The molecule has 0 saturated heterocycles. The monoisotopic (exact) mass is 704 g/mol. The van der Waals surface area contributed by atoms with Crippen LogP contribution in [0.15, 0.2) is 181 Å². The molecule has 0 radical (unpaired) electrons. The van der Waals surface area contributed by atoms with E-state index in [4.69, 9.17) is 14.7 Å². The average molecular weight is 705 g/mol. The first-order valence-electron chi connectivity index (χ1n) is 19.0. The lowest BCUT2D eigenvalue weighted by Gasteiger charge is -2.23. The van der Waals surface area contributed by atoms with Crippen LogP contribution in [0.4, 0.5) is 0 Å². The highest BCUT2D eigenvalue weighted by Crippen LogP contribution is 2.50. The van der Waals surface area contributed by atoms with E-state index in [-0.39, 0.29) is 11.8 Å². The van der Waals surface area contributed by atoms with Crippen molar-refractivity contribution < 1.29 is 4.74 Å². The number of aryl methyl sites for hydroxylation is 3. The molecule has 9 rings (SSSR count). The summed E-state index contributed by atoms with van der Waals surface area (Å²) in [6.07, 6.45) is 12.3. The highest BCUT2D eigenvalue weighted by atomic mass is 16.5. The first kappa shape index (κ1) is 36.3. The summed E-state index contributed by atoms with van der Waals surface area (Å²) in [6, 6.07) is 48.0. The maximum absolute atomic E-state index is 6.23. The van der Waals surface area contributed by atoms with Crippen molar-refractivity contribution in [3.8, 4) is 28.3 Å². The second kappa shape index (κ2) is 16.7. The predicted octanol–water partition coefficient (Wildman–Crippen LogP) is 13.2. The van der Waals surface area contributed by atoms with Gasteiger partial charge in [-0.25, -0.2) is 9.97 Å². The Morgan fingerprint density at radius 1 is 0.630 bits per heavy atom. The lowest BCUT2D eigenvalue weighted by Crippen LogP contribution is -2.15. The molecule has 3 unspecified atom stereocenters. The number of hydrogen-bond donors (Lipinski definition) is 0. The van der Waals surface area contributed by atoms with Crippen molar-refractivity contribution in [1.82, 2.24) is 9.97 Å². The van der Waals surface area contributed by atoms with E-state index in [1.165, 1.54) is 45.4 Å². The molecule has 3 atom stereocenters. The number of nitrogens with zero attached hydrogens (tertiary/aromatic N) is 2. The Morgan fingerprint density at radius 3 is 1.83 bits per heavy atom. The van der Waals surface area contributed by atoms with Gasteiger partial charge in [-0.3, -0.25) is 0 Å². The van der Waals surface area contributed by atoms with Gasteiger partial charge >= 0.3 is 0 Å². The minimum atomic E-state index is 0.00470. The number of ether oxygens (including phenoxy) is 1. The van der Waals surface area contributed by atoms with Crippen LogP contribution in [0.25, 0.3) is 28.1 Å². The van der Waals surface area contributed by atoms with Crippen LogP contribution >= 0.6 is 0 Å². The first-order chi connectivity index (χ1) is 26.3. The van der Waals surface area contributed by atoms with E-state index in [9.17, 15) is 0 Å². The fourth-order valence-corrected chi connectivity index (χ4v) is 7.36. The van der Waals surface area contributed by atoms with Crippen LogP contribution in [0, 0.1) is 26.7 Å². The molecule has 6 aromatic rings. The Kier molecular flexibility index (Phi) is 11.3. The number of rotatable bonds is 4. The van der Waals surface area contributed by atoms with E-state index in [1.54, 1.807) is 0 Å². The minimum absolute atomic E-state index is 0.00470. The number of benzene rings is 5. The maximum atomic E-state index is 6.23. The van der Waals surface area contributed by atoms with Crippen LogP contribution in [-0.4, -0.2) is 9.97 Å². The topological polar surface area (TPSA) is 35.0 Å². The van der Waals surface area contributed by atoms with Gasteiger partial charge in [0.15, 0.2) is 0 Å². The Hall–Kier alpha value is -6.06. The van der Waals surface area contributed by atoms with E-state index >= 15 is 0 Å². The van der Waals surface area contributed by atoms with Crippen molar-refractivity contribution in [2.75, 3.05) is 0 Å². The molecule has 1 aliphatic heterocycles. The van der Waals surface area contributed by atoms with Crippen molar-refractivity contribution in [3.63, 3.8) is 0 Å². The fraction of sp³-hybridized carbons (Fsp3) is 0.176. The van der Waals surface area contributed by atoms with E-state index in [0.717, 1.165) is 39.8 Å². The molecule has 0 fully saturated rings. The van der Waals surface area contributed by atoms with Crippen LogP contribution in [0.1, 0.15) is 65.7 Å². The van der Waals surface area contributed by atoms with Gasteiger partial charge in [-0.1, -0.05) is 164 Å². The average Bonchev–Trinajstić information content (AvgIpc) is 3.57. The molecular formula is C51H48N2O. The van der Waals surface area contributed by atoms with Gasteiger partial charge in [-0.2, -0.15) is 0 Å². The molecule has 3 aliphatic rings. The molecule has 0 spiro atoms. The molecule has 5 aromatic carbocycles. The second-order valence-electron chi connectivity index (χ2n) is 14.5. The van der Waals surface area contributed by atoms with Gasteiger partial charge < -0.3 is 4.74 Å². The zero-order valence-corrected chi connectivity index (χ0v) is 31.9. The quantitative estimate of drug-likeness (QED) is 0.183. The highest BCUT2D eigenvalue weighted by Gasteiger charge is 2.38. The maximum Gasteiger partial charge on any atom is 0.137 e. The van der Waals surface area contributed by atoms with Crippen molar-refractivity contribution >= 4 is 5.57 Å². The number of aromatic nitrogens is 2. The van der Waals surface area contributed by atoms with Gasteiger partial charge in [0.05, 0.1) is 23.2 Å². The van der Waals surface area contributed by atoms with Crippen LogP contribution in [0.2, 0.25) is 0 Å². The molecule has 3 heteroatoms. The number of fused-ring (bicyclic) bond motifs is 3. The second-order valence-corrected chi connectivity index (χ2v) is 14.5. The van der Waals surface area contributed by atoms with E-state index in [2.05, 4.69) is 150 Å². The van der Waals surface area contributed by atoms with Crippen molar-refractivity contribution in [3.05, 3.63) is 215 Å². The molecule has 0 saturated carbocycles. The summed E-state index contributed by atoms with van der Waals surface area (Å²) in [5, 5.41) is 0. The SMILES string of the molecule is CC1=CC(C)CC=C1c1ccccc1C.Cc1ccc2c(c1)OC1=CC=CC(c3nc(-c4ccccc4)cc(-c4ccccc4)n3)C12.Cc1ccccc1. The van der Waals surface area contributed by atoms with Gasteiger partial charge in [0.1, 0.15) is 17.3 Å². The Balaban J connectivity index is 0.000000168. The first-order valence-corrected chi connectivity index (χ1v) is 19.0. The molecule has 0 bridgehead atoms. The molecule has 0 N–H and O–H groups in total. The summed E-state index contributed by atoms with van der Waals surface area (Å²) >= 11 is 0. The zero-order chi connectivity index (χ0) is 37.4. The molecule has 54 heavy (non-hydrogen) atoms. The van der Waals surface area contributed by atoms with E-state index in [0.29, 0.717) is 5.92 Å². The van der Waals surface area contributed by atoms with E-state index in [1.807, 2.05) is 54.6 Å². The van der Waals surface area contributed by atoms with Gasteiger partial charge in [-0.15, -0.1) is 0 Å². The third kappa shape index (κ3) is 8.43. The largest absolute Gasteiger partial charge is 0.461 e. The minimum Gasteiger partial charge on any atom is -0.461 e. The van der Waals surface area contributed by atoms with E-state index < -0.39 is 0 Å². The molecule has 2 heterocycles. The van der Waals surface area contributed by atoms with Crippen molar-refractivity contribution in [2.45, 2.75) is 52.9 Å². The van der Waals surface area contributed by atoms with Crippen LogP contribution in [0.5, 0.6) is 5.75 Å². The summed E-state index contributed by atoms with van der Waals surface area (Å²) < 4.78 is 6.23. The summed E-state index contributed by atoms with van der Waals surface area (Å²) in [5.41, 5.74) is 13.3. The molecule has 0 amide bonds.